The van der Waals surface area contributed by atoms with E-state index >= 15 is 0 Å². The Morgan fingerprint density at radius 3 is 2.62 bits per heavy atom. The molecule has 0 radical (unpaired) electrons. The second kappa shape index (κ2) is 9.97. The molecule has 2 fully saturated rings. The van der Waals surface area contributed by atoms with E-state index < -0.39 is 6.04 Å². The van der Waals surface area contributed by atoms with Gasteiger partial charge in [0.25, 0.3) is 5.91 Å². The first-order valence-electron chi connectivity index (χ1n) is 12.3. The third kappa shape index (κ3) is 4.85. The Morgan fingerprint density at radius 1 is 0.971 bits per heavy atom. The van der Waals surface area contributed by atoms with Crippen molar-refractivity contribution in [1.29, 1.82) is 0 Å². The van der Waals surface area contributed by atoms with Gasteiger partial charge in [0.15, 0.2) is 0 Å². The smallest absolute Gasteiger partial charge is 0.255 e. The largest absolute Gasteiger partial charge is 0.489 e. The molecule has 7 heteroatoms. The maximum atomic E-state index is 13.0. The van der Waals surface area contributed by atoms with Crippen LogP contribution < -0.4 is 15.4 Å². The van der Waals surface area contributed by atoms with Gasteiger partial charge in [-0.25, -0.2) is 0 Å². The van der Waals surface area contributed by atoms with Gasteiger partial charge in [0.2, 0.25) is 11.8 Å². The first-order chi connectivity index (χ1) is 16.6. The molecular weight excluding hydrogens is 430 g/mol. The molecule has 7 nitrogen and oxygen atoms in total. The van der Waals surface area contributed by atoms with Crippen LogP contribution in [0.4, 0.5) is 0 Å². The standard InChI is InChI=1S/C27H31N3O4/c31-25-14-13-23(26(32)29-25)30-17-19-15-20(11-12-21(19)27(30)33)34-24-10-6-2-5-9-22(24)28-16-18-7-3-1-4-8-18/h1,3-4,7-8,11-12,15,22-24,28H,2,5-6,9-10,13-14,16-17H2,(H,29,31,32)/t22-,23?,24+/m0/s1. The zero-order valence-corrected chi connectivity index (χ0v) is 19.3. The van der Waals surface area contributed by atoms with Crippen LogP contribution in [0.25, 0.3) is 0 Å². The summed E-state index contributed by atoms with van der Waals surface area (Å²) in [5, 5.41) is 6.06. The third-order valence-electron chi connectivity index (χ3n) is 7.15. The summed E-state index contributed by atoms with van der Waals surface area (Å²) >= 11 is 0. The van der Waals surface area contributed by atoms with Gasteiger partial charge in [-0.1, -0.05) is 43.2 Å². The molecule has 1 aliphatic carbocycles. The Morgan fingerprint density at radius 2 is 1.79 bits per heavy atom. The molecule has 3 aliphatic rings. The van der Waals surface area contributed by atoms with Crippen LogP contribution in [0.5, 0.6) is 5.75 Å². The number of piperidine rings is 1. The van der Waals surface area contributed by atoms with E-state index in [0.29, 0.717) is 18.5 Å². The summed E-state index contributed by atoms with van der Waals surface area (Å²) in [5.41, 5.74) is 2.74. The average Bonchev–Trinajstić information content (AvgIpc) is 3.00. The highest BCUT2D eigenvalue weighted by molar-refractivity contribution is 6.05. The summed E-state index contributed by atoms with van der Waals surface area (Å²) in [6, 6.07) is 15.7. The average molecular weight is 462 g/mol. The van der Waals surface area contributed by atoms with Crippen LogP contribution in [0, 0.1) is 0 Å². The lowest BCUT2D eigenvalue weighted by molar-refractivity contribution is -0.136. The van der Waals surface area contributed by atoms with Crippen molar-refractivity contribution in [1.82, 2.24) is 15.5 Å². The molecule has 3 atom stereocenters. The first kappa shape index (κ1) is 22.6. The van der Waals surface area contributed by atoms with Crippen molar-refractivity contribution in [2.24, 2.45) is 0 Å². The molecule has 3 amide bonds. The Bertz CT molecular complexity index is 1070. The van der Waals surface area contributed by atoms with Crippen LogP contribution in [0.3, 0.4) is 0 Å². The van der Waals surface area contributed by atoms with E-state index in [0.717, 1.165) is 37.1 Å². The molecule has 0 aromatic heterocycles. The molecule has 1 saturated heterocycles. The minimum absolute atomic E-state index is 0.0626. The van der Waals surface area contributed by atoms with Crippen LogP contribution in [-0.4, -0.2) is 40.8 Å². The number of benzene rings is 2. The molecule has 5 rings (SSSR count). The Balaban J connectivity index is 1.27. The highest BCUT2D eigenvalue weighted by atomic mass is 16.5. The van der Waals surface area contributed by atoms with Gasteiger partial charge in [-0.05, 0) is 55.0 Å². The van der Waals surface area contributed by atoms with Gasteiger partial charge < -0.3 is 15.0 Å². The van der Waals surface area contributed by atoms with Gasteiger partial charge in [-0.3, -0.25) is 19.7 Å². The van der Waals surface area contributed by atoms with Crippen LogP contribution in [0.15, 0.2) is 48.5 Å². The zero-order chi connectivity index (χ0) is 23.5. The summed E-state index contributed by atoms with van der Waals surface area (Å²) in [6.45, 7) is 1.17. The van der Waals surface area contributed by atoms with Gasteiger partial charge in [0.05, 0.1) is 0 Å². The van der Waals surface area contributed by atoms with Crippen LogP contribution >= 0.6 is 0 Å². The number of carbonyl (C=O) groups is 3. The van der Waals surface area contributed by atoms with E-state index in [9.17, 15) is 14.4 Å². The van der Waals surface area contributed by atoms with Gasteiger partial charge in [0.1, 0.15) is 17.9 Å². The summed E-state index contributed by atoms with van der Waals surface area (Å²) < 4.78 is 6.50. The zero-order valence-electron chi connectivity index (χ0n) is 19.3. The number of hydrogen-bond acceptors (Lipinski definition) is 5. The fourth-order valence-electron chi connectivity index (χ4n) is 5.29. The second-order valence-electron chi connectivity index (χ2n) is 9.49. The van der Waals surface area contributed by atoms with Gasteiger partial charge in [-0.2, -0.15) is 0 Å². The minimum Gasteiger partial charge on any atom is -0.489 e. The van der Waals surface area contributed by atoms with E-state index in [1.807, 2.05) is 24.3 Å². The lowest BCUT2D eigenvalue weighted by Gasteiger charge is -2.29. The normalized spacial score (nSPS) is 25.0. The maximum Gasteiger partial charge on any atom is 0.255 e. The molecule has 2 aromatic carbocycles. The highest BCUT2D eigenvalue weighted by Gasteiger charge is 2.39. The fourth-order valence-corrected chi connectivity index (χ4v) is 5.29. The van der Waals surface area contributed by atoms with Crippen molar-refractivity contribution < 1.29 is 19.1 Å². The predicted molar refractivity (Wildman–Crippen MR) is 127 cm³/mol. The number of amides is 3. The van der Waals surface area contributed by atoms with E-state index in [4.69, 9.17) is 4.74 Å². The lowest BCUT2D eigenvalue weighted by Crippen LogP contribution is -2.52. The molecule has 1 saturated carbocycles. The van der Waals surface area contributed by atoms with Crippen LogP contribution in [0.1, 0.15) is 66.4 Å². The summed E-state index contributed by atoms with van der Waals surface area (Å²) in [4.78, 5) is 38.3. The SMILES string of the molecule is O=C1CCC(N2Cc3cc(O[C@@H]4CCCCC[C@@H]4NCc4ccccc4)ccc3C2=O)C(=O)N1. The quantitative estimate of drug-likeness (QED) is 0.509. The van der Waals surface area contributed by atoms with Crippen molar-refractivity contribution in [3.05, 3.63) is 65.2 Å². The Labute approximate surface area is 199 Å². The van der Waals surface area contributed by atoms with Gasteiger partial charge in [-0.15, -0.1) is 0 Å². The number of imide groups is 1. The number of ether oxygens (including phenoxy) is 1. The van der Waals surface area contributed by atoms with Crippen molar-refractivity contribution in [2.45, 2.75) is 76.2 Å². The second-order valence-corrected chi connectivity index (χ2v) is 9.49. The number of fused-ring (bicyclic) bond motifs is 1. The maximum absolute atomic E-state index is 13.0. The monoisotopic (exact) mass is 461 g/mol. The molecule has 2 N–H and O–H groups in total. The van der Waals surface area contributed by atoms with Crippen molar-refractivity contribution >= 4 is 17.7 Å². The summed E-state index contributed by atoms with van der Waals surface area (Å²) in [7, 11) is 0. The molecule has 178 valence electrons. The van der Waals surface area contributed by atoms with E-state index in [2.05, 4.69) is 34.9 Å². The highest BCUT2D eigenvalue weighted by Crippen LogP contribution is 2.31. The Hall–Kier alpha value is -3.19. The van der Waals surface area contributed by atoms with E-state index in [1.54, 1.807) is 4.90 Å². The predicted octanol–water partition coefficient (Wildman–Crippen LogP) is 3.32. The number of rotatable bonds is 6. The molecule has 34 heavy (non-hydrogen) atoms. The van der Waals surface area contributed by atoms with E-state index in [1.165, 1.54) is 18.4 Å². The molecular formula is C27H31N3O4. The molecule has 2 aliphatic heterocycles. The van der Waals surface area contributed by atoms with Crippen LogP contribution in [0.2, 0.25) is 0 Å². The Kier molecular flexibility index (Phi) is 6.63. The van der Waals surface area contributed by atoms with Crippen molar-refractivity contribution in [2.75, 3.05) is 0 Å². The van der Waals surface area contributed by atoms with Crippen molar-refractivity contribution in [3.8, 4) is 5.75 Å². The van der Waals surface area contributed by atoms with Gasteiger partial charge in [0, 0.05) is 31.1 Å². The van der Waals surface area contributed by atoms with E-state index in [-0.39, 0.29) is 36.3 Å². The van der Waals surface area contributed by atoms with Crippen LogP contribution in [-0.2, 0) is 22.7 Å². The molecule has 2 aromatic rings. The topological polar surface area (TPSA) is 87.7 Å². The fraction of sp³-hybridized carbons (Fsp3) is 0.444. The number of nitrogens with zero attached hydrogens (tertiary/aromatic N) is 1. The summed E-state index contributed by atoms with van der Waals surface area (Å²) in [5.74, 6) is -0.0670. The number of hydrogen-bond donors (Lipinski definition) is 2. The minimum atomic E-state index is -0.601. The van der Waals surface area contributed by atoms with Crippen molar-refractivity contribution in [3.63, 3.8) is 0 Å². The van der Waals surface area contributed by atoms with Gasteiger partial charge >= 0.3 is 0 Å². The first-order valence-corrected chi connectivity index (χ1v) is 12.3. The molecule has 2 heterocycles. The molecule has 1 unspecified atom stereocenters. The lowest BCUT2D eigenvalue weighted by atomic mass is 10.0. The molecule has 0 bridgehead atoms. The number of nitrogens with one attached hydrogen (secondary N) is 2. The number of carbonyl (C=O) groups excluding carboxylic acids is 3. The summed E-state index contributed by atoms with van der Waals surface area (Å²) in [6.07, 6.45) is 6.28. The third-order valence-corrected chi connectivity index (χ3v) is 7.15. The molecule has 0 spiro atoms.